The van der Waals surface area contributed by atoms with Crippen LogP contribution in [-0.4, -0.2) is 4.99 Å². The third-order valence-corrected chi connectivity index (χ3v) is 5.03. The van der Waals surface area contributed by atoms with E-state index in [9.17, 15) is 5.26 Å². The number of hydrogen-bond donors (Lipinski definition) is 2. The van der Waals surface area contributed by atoms with Crippen molar-refractivity contribution in [3.8, 4) is 6.07 Å². The summed E-state index contributed by atoms with van der Waals surface area (Å²) in [6.45, 7) is 4.05. The van der Waals surface area contributed by atoms with Gasteiger partial charge in [0, 0.05) is 10.6 Å². The number of aryl methyl sites for hydroxylation is 2. The van der Waals surface area contributed by atoms with Crippen LogP contribution in [-0.2, 0) is 0 Å². The second-order valence-electron chi connectivity index (χ2n) is 5.26. The molecule has 0 atom stereocenters. The van der Waals surface area contributed by atoms with Gasteiger partial charge in [0.05, 0.1) is 10.7 Å². The first-order valence-corrected chi connectivity index (χ1v) is 8.38. The van der Waals surface area contributed by atoms with Crippen molar-refractivity contribution in [2.24, 2.45) is 0 Å². The van der Waals surface area contributed by atoms with E-state index >= 15 is 0 Å². The smallest absolute Gasteiger partial charge is 0.124 e. The zero-order valence-corrected chi connectivity index (χ0v) is 14.4. The van der Waals surface area contributed by atoms with Gasteiger partial charge in [-0.2, -0.15) is 5.26 Å². The van der Waals surface area contributed by atoms with E-state index < -0.39 is 0 Å². The minimum Gasteiger partial charge on any atom is -0.348 e. The van der Waals surface area contributed by atoms with Crippen LogP contribution in [0.15, 0.2) is 58.0 Å². The first-order valence-electron chi connectivity index (χ1n) is 7.16. The molecule has 2 aromatic rings. The lowest BCUT2D eigenvalue weighted by molar-refractivity contribution is 1.37. The Labute approximate surface area is 145 Å². The van der Waals surface area contributed by atoms with Crippen LogP contribution < -0.4 is 10.6 Å². The van der Waals surface area contributed by atoms with Crippen molar-refractivity contribution < 1.29 is 0 Å². The van der Waals surface area contributed by atoms with Gasteiger partial charge < -0.3 is 10.6 Å². The summed E-state index contributed by atoms with van der Waals surface area (Å²) in [6, 6.07) is 16.3. The molecule has 0 saturated carbocycles. The quantitative estimate of drug-likeness (QED) is 0.459. The van der Waals surface area contributed by atoms with E-state index in [0.717, 1.165) is 32.4 Å². The van der Waals surface area contributed by atoms with Crippen molar-refractivity contribution in [2.45, 2.75) is 18.7 Å². The Bertz CT molecular complexity index is 816. The Balaban J connectivity index is 1.90. The molecule has 114 valence electrons. The summed E-state index contributed by atoms with van der Waals surface area (Å²) in [6.07, 6.45) is 0. The molecule has 0 bridgehead atoms. The monoisotopic (exact) mass is 337 g/mol. The molecule has 23 heavy (non-hydrogen) atoms. The van der Waals surface area contributed by atoms with E-state index in [1.807, 2.05) is 56.3 Å². The van der Waals surface area contributed by atoms with E-state index in [1.165, 1.54) is 11.8 Å². The molecule has 0 fully saturated rings. The number of rotatable bonds is 2. The largest absolute Gasteiger partial charge is 0.348 e. The molecule has 0 aromatic heterocycles. The first kappa shape index (κ1) is 15.6. The van der Waals surface area contributed by atoms with Crippen LogP contribution in [0.1, 0.15) is 11.1 Å². The molecule has 0 unspecified atom stereocenters. The van der Waals surface area contributed by atoms with Gasteiger partial charge in [0.2, 0.25) is 0 Å². The predicted octanol–water partition coefficient (Wildman–Crippen LogP) is 5.00. The Hall–Kier alpha value is -2.29. The van der Waals surface area contributed by atoms with E-state index in [0.29, 0.717) is 10.6 Å². The Morgan fingerprint density at radius 2 is 1.83 bits per heavy atom. The highest BCUT2D eigenvalue weighted by molar-refractivity contribution is 8.03. The van der Waals surface area contributed by atoms with Crippen molar-refractivity contribution >= 4 is 40.3 Å². The number of hydrogen-bond acceptors (Lipinski definition) is 4. The highest BCUT2D eigenvalue weighted by Crippen LogP contribution is 2.42. The molecule has 1 aliphatic rings. The summed E-state index contributed by atoms with van der Waals surface area (Å²) >= 11 is 7.01. The molecule has 1 aliphatic heterocycles. The van der Waals surface area contributed by atoms with Gasteiger partial charge in [0.15, 0.2) is 0 Å². The number of fused-ring (bicyclic) bond motifs is 1. The molecule has 2 N–H and O–H groups in total. The molecular formula is C18H15N3S2. The number of nitrogens with one attached hydrogen (secondary N) is 2. The van der Waals surface area contributed by atoms with E-state index in [4.69, 9.17) is 12.2 Å². The first-order chi connectivity index (χ1) is 11.1. The number of para-hydroxylation sites is 2. The van der Waals surface area contributed by atoms with E-state index in [1.54, 1.807) is 0 Å². The topological polar surface area (TPSA) is 47.9 Å². The van der Waals surface area contributed by atoms with Crippen molar-refractivity contribution in [3.63, 3.8) is 0 Å². The van der Waals surface area contributed by atoms with Crippen LogP contribution in [0.25, 0.3) is 0 Å². The molecular weight excluding hydrogens is 322 g/mol. The van der Waals surface area contributed by atoms with Gasteiger partial charge in [-0.25, -0.2) is 0 Å². The fourth-order valence-electron chi connectivity index (χ4n) is 2.42. The Morgan fingerprint density at radius 3 is 2.48 bits per heavy atom. The van der Waals surface area contributed by atoms with Crippen LogP contribution in [0.5, 0.6) is 0 Å². The molecule has 0 radical (unpaired) electrons. The van der Waals surface area contributed by atoms with Gasteiger partial charge in [-0.05, 0) is 37.1 Å². The number of thioether (sulfide) groups is 1. The van der Waals surface area contributed by atoms with Crippen molar-refractivity contribution in [3.05, 3.63) is 64.2 Å². The van der Waals surface area contributed by atoms with Crippen LogP contribution in [0, 0.1) is 25.2 Å². The number of anilines is 2. The zero-order valence-electron chi connectivity index (χ0n) is 12.8. The maximum atomic E-state index is 9.56. The minimum atomic E-state index is 0.438. The Morgan fingerprint density at radius 1 is 1.13 bits per heavy atom. The van der Waals surface area contributed by atoms with Crippen molar-refractivity contribution in [2.75, 3.05) is 10.6 Å². The van der Waals surface area contributed by atoms with Crippen molar-refractivity contribution in [1.82, 2.24) is 0 Å². The molecule has 1 heterocycles. The average Bonchev–Trinajstić information content (AvgIpc) is 2.95. The summed E-state index contributed by atoms with van der Waals surface area (Å²) in [5.74, 6) is 0. The summed E-state index contributed by atoms with van der Waals surface area (Å²) in [7, 11) is 0. The van der Waals surface area contributed by atoms with Gasteiger partial charge in [-0.15, -0.1) is 0 Å². The summed E-state index contributed by atoms with van der Waals surface area (Å²) in [5, 5.41) is 16.8. The molecule has 0 amide bonds. The minimum absolute atomic E-state index is 0.438. The fraction of sp³-hybridized carbons (Fsp3) is 0.111. The Kier molecular flexibility index (Phi) is 4.37. The standard InChI is InChI=1S/C18H15N3S2/c1-11-6-5-7-12(2)16(11)21-17(22)13(10-19)18-20-14-8-3-4-9-15(14)23-18/h3-9,20H,1-2H3,(H,21,22)/b18-13-. The molecule has 2 aromatic carbocycles. The lowest BCUT2D eigenvalue weighted by atomic mass is 10.1. The molecule has 3 nitrogen and oxygen atoms in total. The number of benzene rings is 2. The fourth-order valence-corrected chi connectivity index (χ4v) is 3.74. The van der Waals surface area contributed by atoms with Crippen LogP contribution >= 0.6 is 24.0 Å². The number of thiocarbonyl (C=S) groups is 1. The van der Waals surface area contributed by atoms with Gasteiger partial charge in [0.25, 0.3) is 0 Å². The normalized spacial score (nSPS) is 14.5. The second kappa shape index (κ2) is 6.45. The SMILES string of the molecule is Cc1cccc(C)c1NC(=S)/C(C#N)=C1/Nc2ccccc2S1. The molecule has 0 spiro atoms. The molecule has 0 aliphatic carbocycles. The lowest BCUT2D eigenvalue weighted by Crippen LogP contribution is -2.15. The highest BCUT2D eigenvalue weighted by atomic mass is 32.2. The molecule has 3 rings (SSSR count). The number of nitrogens with zero attached hydrogens (tertiary/aromatic N) is 1. The molecule has 0 saturated heterocycles. The van der Waals surface area contributed by atoms with Gasteiger partial charge in [-0.1, -0.05) is 54.3 Å². The maximum absolute atomic E-state index is 9.56. The third-order valence-electron chi connectivity index (χ3n) is 3.63. The van der Waals surface area contributed by atoms with Crippen LogP contribution in [0.4, 0.5) is 11.4 Å². The number of nitriles is 1. The average molecular weight is 337 g/mol. The molecule has 5 heteroatoms. The van der Waals surface area contributed by atoms with Gasteiger partial charge in [-0.3, -0.25) is 0 Å². The highest BCUT2D eigenvalue weighted by Gasteiger charge is 2.21. The lowest BCUT2D eigenvalue weighted by Gasteiger charge is -2.13. The second-order valence-corrected chi connectivity index (χ2v) is 6.72. The summed E-state index contributed by atoms with van der Waals surface area (Å²) < 4.78 is 0. The maximum Gasteiger partial charge on any atom is 0.124 e. The van der Waals surface area contributed by atoms with Crippen molar-refractivity contribution in [1.29, 1.82) is 5.26 Å². The zero-order chi connectivity index (χ0) is 16.4. The van der Waals surface area contributed by atoms with Crippen LogP contribution in [0.2, 0.25) is 0 Å². The van der Waals surface area contributed by atoms with Gasteiger partial charge >= 0.3 is 0 Å². The van der Waals surface area contributed by atoms with Crippen LogP contribution in [0.3, 0.4) is 0 Å². The van der Waals surface area contributed by atoms with E-state index in [-0.39, 0.29) is 0 Å². The summed E-state index contributed by atoms with van der Waals surface area (Å²) in [4.78, 5) is 1.54. The summed E-state index contributed by atoms with van der Waals surface area (Å²) in [5.41, 5.74) is 4.64. The van der Waals surface area contributed by atoms with E-state index in [2.05, 4.69) is 16.7 Å². The third kappa shape index (κ3) is 3.09. The predicted molar refractivity (Wildman–Crippen MR) is 101 cm³/mol. The van der Waals surface area contributed by atoms with Gasteiger partial charge in [0.1, 0.15) is 16.6 Å².